The average molecular weight is 614 g/mol. The maximum absolute atomic E-state index is 7.22. The quantitative estimate of drug-likeness (QED) is 0.135. The summed E-state index contributed by atoms with van der Waals surface area (Å²) in [5.41, 5.74) is 7.88. The Kier molecular flexibility index (Phi) is 9.01. The van der Waals surface area contributed by atoms with Gasteiger partial charge >= 0.3 is 0 Å². The highest BCUT2D eigenvalue weighted by molar-refractivity contribution is 7.79. The molecule has 0 unspecified atom stereocenters. The van der Waals surface area contributed by atoms with Crippen molar-refractivity contribution in [1.29, 1.82) is 0 Å². The number of benzene rings is 4. The Morgan fingerprint density at radius 1 is 0.659 bits per heavy atom. The largest absolute Gasteiger partial charge is 0.404 e. The van der Waals surface area contributed by atoms with Gasteiger partial charge in [-0.15, -0.1) is 0 Å². The Morgan fingerprint density at radius 3 is 1.82 bits per heavy atom. The summed E-state index contributed by atoms with van der Waals surface area (Å²) in [7, 11) is -2.74. The van der Waals surface area contributed by atoms with E-state index in [1.165, 1.54) is 43.7 Å². The summed E-state index contributed by atoms with van der Waals surface area (Å²) in [6.45, 7) is 11.7. The zero-order valence-corrected chi connectivity index (χ0v) is 28.6. The molecule has 0 saturated carbocycles. The van der Waals surface area contributed by atoms with Gasteiger partial charge in [0.15, 0.2) is 8.32 Å². The summed E-state index contributed by atoms with van der Waals surface area (Å²) in [6.07, 6.45) is 5.68. The van der Waals surface area contributed by atoms with E-state index in [0.29, 0.717) is 0 Å². The van der Waals surface area contributed by atoms with Crippen LogP contribution in [0.4, 0.5) is 0 Å². The monoisotopic (exact) mass is 613 g/mol. The fourth-order valence-electron chi connectivity index (χ4n) is 5.88. The molecule has 4 aliphatic rings. The Morgan fingerprint density at radius 2 is 1.23 bits per heavy atom. The minimum Gasteiger partial charge on any atom is -0.404 e. The first kappa shape index (κ1) is 30.7. The van der Waals surface area contributed by atoms with Gasteiger partial charge in [0.05, 0.1) is 5.69 Å². The topological polar surface area (TPSA) is 22.1 Å². The minimum absolute atomic E-state index is 0.103. The van der Waals surface area contributed by atoms with Crippen LogP contribution in [0.5, 0.6) is 0 Å². The Balaban J connectivity index is 1.41. The number of rotatable bonds is 7. The van der Waals surface area contributed by atoms with Crippen molar-refractivity contribution in [3.63, 3.8) is 0 Å². The molecular formula is C40H44NOPSi. The third-order valence-electron chi connectivity index (χ3n) is 9.45. The number of pyridine rings is 1. The van der Waals surface area contributed by atoms with Gasteiger partial charge in [0, 0.05) is 6.20 Å². The first-order chi connectivity index (χ1) is 21.2. The van der Waals surface area contributed by atoms with E-state index in [2.05, 4.69) is 143 Å². The van der Waals surface area contributed by atoms with Crippen LogP contribution in [-0.4, -0.2) is 13.3 Å². The third-order valence-corrected chi connectivity index (χ3v) is 16.4. The van der Waals surface area contributed by atoms with Crippen LogP contribution in [0.2, 0.25) is 18.1 Å². The molecule has 4 heteroatoms. The molecule has 0 saturated heterocycles. The van der Waals surface area contributed by atoms with Crippen molar-refractivity contribution in [3.05, 3.63) is 155 Å². The lowest BCUT2D eigenvalue weighted by molar-refractivity contribution is 0.216. The van der Waals surface area contributed by atoms with Gasteiger partial charge in [-0.2, -0.15) is 0 Å². The molecule has 2 nitrogen and oxygen atoms in total. The third kappa shape index (κ3) is 6.66. The number of hydrogen-bond donors (Lipinski definition) is 0. The average Bonchev–Trinajstić information content (AvgIpc) is 3.02. The van der Waals surface area contributed by atoms with Crippen LogP contribution in [0.1, 0.15) is 60.4 Å². The molecule has 224 valence electrons. The van der Waals surface area contributed by atoms with E-state index in [4.69, 9.17) is 9.41 Å². The van der Waals surface area contributed by atoms with E-state index < -0.39 is 16.2 Å². The van der Waals surface area contributed by atoms with E-state index in [9.17, 15) is 0 Å². The number of aromatic nitrogens is 1. The standard InChI is InChI=1S/C40H44NOPSi/c1-40(2,3)44(4,5)42-39(37-18-12-13-27-41-37)36-28-30-19-23-32(36)24-20-31-22-26-33(25-21-30)38(29-31)43(34-14-8-6-9-15-34)35-16-10-7-11-17-35/h6-19,22-23,26-29,39H,20-21,24-25H2,1-5H3/t39-/m1/s1. The van der Waals surface area contributed by atoms with E-state index in [-0.39, 0.29) is 11.1 Å². The first-order valence-electron chi connectivity index (χ1n) is 15.9. The highest BCUT2D eigenvalue weighted by Crippen LogP contribution is 2.42. The van der Waals surface area contributed by atoms with Crippen molar-refractivity contribution in [1.82, 2.24) is 4.98 Å². The Hall–Kier alpha value is -3.36. The van der Waals surface area contributed by atoms with Crippen molar-refractivity contribution in [2.75, 3.05) is 0 Å². The van der Waals surface area contributed by atoms with Gasteiger partial charge in [-0.3, -0.25) is 4.98 Å². The molecule has 0 fully saturated rings. The molecule has 0 amide bonds. The molecule has 9 rings (SSSR count). The van der Waals surface area contributed by atoms with Crippen molar-refractivity contribution in [2.45, 2.75) is 70.7 Å². The zero-order chi connectivity index (χ0) is 30.7. The molecule has 1 aromatic heterocycles. The fraction of sp³-hybridized carbons (Fsp3) is 0.275. The second-order valence-corrected chi connectivity index (χ2v) is 20.5. The summed E-state index contributed by atoms with van der Waals surface area (Å²) in [4.78, 5) is 4.84. The predicted octanol–water partition coefficient (Wildman–Crippen LogP) is 8.83. The first-order valence-corrected chi connectivity index (χ1v) is 20.2. The summed E-state index contributed by atoms with van der Waals surface area (Å²) in [6, 6.07) is 42.9. The second-order valence-electron chi connectivity index (χ2n) is 13.5. The molecule has 1 atom stereocenters. The molecule has 4 aliphatic carbocycles. The smallest absolute Gasteiger partial charge is 0.193 e. The lowest BCUT2D eigenvalue weighted by atomic mass is 9.90. The maximum atomic E-state index is 7.22. The van der Waals surface area contributed by atoms with Crippen LogP contribution >= 0.6 is 7.92 Å². The van der Waals surface area contributed by atoms with E-state index in [1.807, 2.05) is 12.3 Å². The number of aryl methyl sites for hydroxylation is 4. The summed E-state index contributed by atoms with van der Waals surface area (Å²) in [5, 5.41) is 4.42. The zero-order valence-electron chi connectivity index (χ0n) is 26.8. The van der Waals surface area contributed by atoms with Crippen molar-refractivity contribution < 1.29 is 4.43 Å². The molecule has 5 aromatic rings. The van der Waals surface area contributed by atoms with Gasteiger partial charge in [-0.05, 0) is 108 Å². The van der Waals surface area contributed by atoms with Gasteiger partial charge in [-0.1, -0.05) is 124 Å². The maximum Gasteiger partial charge on any atom is 0.193 e. The number of nitrogens with zero attached hydrogens (tertiary/aromatic N) is 1. The lowest BCUT2D eigenvalue weighted by Gasteiger charge is -2.39. The number of hydrogen-bond acceptors (Lipinski definition) is 2. The van der Waals surface area contributed by atoms with Crippen LogP contribution in [0, 0.1) is 0 Å². The molecule has 1 heterocycles. The molecule has 0 radical (unpaired) electrons. The normalized spacial score (nSPS) is 14.3. The SMILES string of the molecule is CC(C)(C)[Si](C)(C)O[C@@H](c1ccccn1)c1cc2ccc1CCc1ccc(c(P(c3ccccc3)c3ccccc3)c1)CC2. The van der Waals surface area contributed by atoms with Crippen LogP contribution < -0.4 is 15.9 Å². The summed E-state index contributed by atoms with van der Waals surface area (Å²) in [5.74, 6) is 0. The Bertz CT molecular complexity index is 1660. The summed E-state index contributed by atoms with van der Waals surface area (Å²) < 4.78 is 7.22. The second kappa shape index (κ2) is 12.9. The molecular weight excluding hydrogens is 570 g/mol. The van der Waals surface area contributed by atoms with Crippen LogP contribution in [0.3, 0.4) is 0 Å². The molecule has 44 heavy (non-hydrogen) atoms. The minimum atomic E-state index is -2.09. The van der Waals surface area contributed by atoms with Crippen molar-refractivity contribution in [2.24, 2.45) is 0 Å². The highest BCUT2D eigenvalue weighted by atomic mass is 31.1. The predicted molar refractivity (Wildman–Crippen MR) is 191 cm³/mol. The van der Waals surface area contributed by atoms with Crippen LogP contribution in [-0.2, 0) is 30.1 Å². The van der Waals surface area contributed by atoms with Gasteiger partial charge in [0.25, 0.3) is 0 Å². The molecule has 4 aromatic carbocycles. The molecule has 0 aliphatic heterocycles. The van der Waals surface area contributed by atoms with Crippen molar-refractivity contribution >= 4 is 32.2 Å². The van der Waals surface area contributed by atoms with Gasteiger partial charge in [0.1, 0.15) is 6.10 Å². The molecule has 0 spiro atoms. The van der Waals surface area contributed by atoms with Crippen LogP contribution in [0.25, 0.3) is 0 Å². The van der Waals surface area contributed by atoms with E-state index in [1.54, 1.807) is 0 Å². The van der Waals surface area contributed by atoms with Gasteiger partial charge < -0.3 is 4.43 Å². The fourth-order valence-corrected chi connectivity index (χ4v) is 9.64. The van der Waals surface area contributed by atoms with Gasteiger partial charge in [0.2, 0.25) is 0 Å². The highest BCUT2D eigenvalue weighted by Gasteiger charge is 2.40. The molecule has 4 bridgehead atoms. The lowest BCUT2D eigenvalue weighted by Crippen LogP contribution is -2.42. The van der Waals surface area contributed by atoms with Gasteiger partial charge in [-0.25, -0.2) is 0 Å². The summed E-state index contributed by atoms with van der Waals surface area (Å²) >= 11 is 0. The Labute approximate surface area is 266 Å². The van der Waals surface area contributed by atoms with Crippen LogP contribution in [0.15, 0.2) is 121 Å². The van der Waals surface area contributed by atoms with E-state index in [0.717, 1.165) is 31.4 Å². The van der Waals surface area contributed by atoms with Crippen molar-refractivity contribution in [3.8, 4) is 0 Å². The van der Waals surface area contributed by atoms with E-state index >= 15 is 0 Å². The molecule has 0 N–H and O–H groups in total.